The predicted octanol–water partition coefficient (Wildman–Crippen LogP) is 1.72. The van der Waals surface area contributed by atoms with Crippen LogP contribution in [0.3, 0.4) is 0 Å². The van der Waals surface area contributed by atoms with Gasteiger partial charge >= 0.3 is 0 Å². The number of rotatable bonds is 11. The zero-order valence-electron chi connectivity index (χ0n) is 10.3. The van der Waals surface area contributed by atoms with Crippen LogP contribution in [0.5, 0.6) is 0 Å². The first-order valence-corrected chi connectivity index (χ1v) is 5.93. The number of nitriles is 1. The van der Waals surface area contributed by atoms with Gasteiger partial charge in [0.1, 0.15) is 6.61 Å². The van der Waals surface area contributed by atoms with Crippen molar-refractivity contribution in [2.75, 3.05) is 19.7 Å². The number of carbonyl (C=O) groups excluding carboxylic acids is 2. The highest BCUT2D eigenvalue weighted by Gasteiger charge is 2.09. The quantitative estimate of drug-likeness (QED) is 0.242. The lowest BCUT2D eigenvalue weighted by Crippen LogP contribution is -2.09. The molecule has 0 heterocycles. The molecule has 0 aliphatic rings. The molecule has 0 spiro atoms. The van der Waals surface area contributed by atoms with E-state index < -0.39 is 0 Å². The monoisotopic (exact) mass is 251 g/mol. The zero-order chi connectivity index (χ0) is 13.5. The third kappa shape index (κ3) is 10.6. The molecule has 0 aromatic heterocycles. The van der Waals surface area contributed by atoms with E-state index >= 15 is 0 Å². The van der Waals surface area contributed by atoms with E-state index in [4.69, 9.17) is 10.00 Å². The van der Waals surface area contributed by atoms with Gasteiger partial charge in [0.05, 0.1) is 13.1 Å². The van der Waals surface area contributed by atoms with Crippen molar-refractivity contribution in [3.05, 3.63) is 0 Å². The number of isocyanates is 2. The summed E-state index contributed by atoms with van der Waals surface area (Å²) in [6.07, 6.45) is 8.92. The third-order valence-corrected chi connectivity index (χ3v) is 2.53. The first-order chi connectivity index (χ1) is 8.85. The van der Waals surface area contributed by atoms with E-state index in [0.29, 0.717) is 19.7 Å². The third-order valence-electron chi connectivity index (χ3n) is 2.53. The molecule has 0 N–H and O–H groups in total. The van der Waals surface area contributed by atoms with Gasteiger partial charge in [0.15, 0.2) is 0 Å². The maximum Gasteiger partial charge on any atom is 0.286 e. The molecule has 98 valence electrons. The van der Waals surface area contributed by atoms with Gasteiger partial charge in [-0.25, -0.2) is 19.6 Å². The van der Waals surface area contributed by atoms with Gasteiger partial charge in [0.25, 0.3) is 6.26 Å². The Balaban J connectivity index is 3.79. The molecule has 0 amide bonds. The first-order valence-electron chi connectivity index (χ1n) is 5.93. The molecule has 6 heteroatoms. The van der Waals surface area contributed by atoms with Crippen LogP contribution in [-0.2, 0) is 14.3 Å². The van der Waals surface area contributed by atoms with E-state index in [2.05, 4.69) is 9.98 Å². The fraction of sp³-hybridized carbons (Fsp3) is 0.750. The molecule has 6 nitrogen and oxygen atoms in total. The van der Waals surface area contributed by atoms with E-state index in [1.807, 2.05) is 0 Å². The Labute approximate surface area is 106 Å². The van der Waals surface area contributed by atoms with Crippen molar-refractivity contribution < 1.29 is 14.3 Å². The molecular weight excluding hydrogens is 234 g/mol. The molecule has 0 saturated heterocycles. The van der Waals surface area contributed by atoms with Crippen molar-refractivity contribution >= 4 is 12.2 Å². The van der Waals surface area contributed by atoms with E-state index in [0.717, 1.165) is 32.1 Å². The molecule has 0 aliphatic heterocycles. The molecular formula is C12H17N3O3. The summed E-state index contributed by atoms with van der Waals surface area (Å²) in [6, 6.07) is 0. The molecule has 1 unspecified atom stereocenters. The maximum atomic E-state index is 9.89. The molecule has 1 atom stereocenters. The van der Waals surface area contributed by atoms with Crippen LogP contribution in [0.2, 0.25) is 0 Å². The fourth-order valence-corrected chi connectivity index (χ4v) is 1.64. The van der Waals surface area contributed by atoms with Crippen molar-refractivity contribution in [1.82, 2.24) is 0 Å². The van der Waals surface area contributed by atoms with Crippen LogP contribution in [0.4, 0.5) is 0 Å². The van der Waals surface area contributed by atoms with Gasteiger partial charge < -0.3 is 4.74 Å². The van der Waals surface area contributed by atoms with E-state index in [1.165, 1.54) is 12.2 Å². The van der Waals surface area contributed by atoms with Gasteiger partial charge in [0.2, 0.25) is 12.2 Å². The van der Waals surface area contributed by atoms with Crippen molar-refractivity contribution in [2.45, 2.75) is 32.1 Å². The molecule has 0 rings (SSSR count). The van der Waals surface area contributed by atoms with Gasteiger partial charge in [-0.05, 0) is 31.6 Å². The van der Waals surface area contributed by atoms with Crippen molar-refractivity contribution in [3.8, 4) is 6.26 Å². The Hall–Kier alpha value is -1.95. The summed E-state index contributed by atoms with van der Waals surface area (Å²) in [4.78, 5) is 26.7. The Morgan fingerprint density at radius 3 is 2.22 bits per heavy atom. The molecule has 0 saturated carbocycles. The van der Waals surface area contributed by atoms with Crippen molar-refractivity contribution in [1.29, 1.82) is 5.26 Å². The van der Waals surface area contributed by atoms with Crippen LogP contribution >= 0.6 is 0 Å². The molecule has 0 aromatic carbocycles. The van der Waals surface area contributed by atoms with Gasteiger partial charge in [-0.15, -0.1) is 0 Å². The van der Waals surface area contributed by atoms with E-state index in [-0.39, 0.29) is 5.92 Å². The molecule has 0 radical (unpaired) electrons. The zero-order valence-corrected chi connectivity index (χ0v) is 10.3. The fourth-order valence-electron chi connectivity index (χ4n) is 1.64. The summed E-state index contributed by atoms with van der Waals surface area (Å²) < 4.78 is 4.74. The molecule has 0 fully saturated rings. The summed E-state index contributed by atoms with van der Waals surface area (Å²) in [5, 5.41) is 8.37. The van der Waals surface area contributed by atoms with Gasteiger partial charge in [-0.2, -0.15) is 5.26 Å². The molecule has 0 bridgehead atoms. The Morgan fingerprint density at radius 2 is 1.61 bits per heavy atom. The minimum atomic E-state index is 0.270. The highest BCUT2D eigenvalue weighted by molar-refractivity contribution is 5.32. The SMILES string of the molecule is N#COCC(CCCCN=C=O)CCCN=C=O. The average molecular weight is 251 g/mol. The minimum Gasteiger partial charge on any atom is -0.427 e. The topological polar surface area (TPSA) is 91.9 Å². The summed E-state index contributed by atoms with van der Waals surface area (Å²) in [7, 11) is 0. The lowest BCUT2D eigenvalue weighted by Gasteiger charge is -2.13. The van der Waals surface area contributed by atoms with Crippen LogP contribution in [-0.4, -0.2) is 31.9 Å². The maximum absolute atomic E-state index is 9.89. The summed E-state index contributed by atoms with van der Waals surface area (Å²) in [6.45, 7) is 1.34. The first kappa shape index (κ1) is 16.1. The van der Waals surface area contributed by atoms with Crippen LogP contribution in [0.25, 0.3) is 0 Å². The van der Waals surface area contributed by atoms with Gasteiger partial charge in [0, 0.05) is 0 Å². The van der Waals surface area contributed by atoms with Gasteiger partial charge in [-0.1, -0.05) is 6.42 Å². The normalized spacial score (nSPS) is 10.6. The minimum absolute atomic E-state index is 0.270. The average Bonchev–Trinajstić information content (AvgIpc) is 2.39. The summed E-state index contributed by atoms with van der Waals surface area (Å²) in [5.41, 5.74) is 0. The standard InChI is InChI=1S/C12H17N3O3/c13-9-18-8-12(5-3-7-15-11-17)4-1-2-6-14-10-16/h12H,1-8H2. The Morgan fingerprint density at radius 1 is 1.00 bits per heavy atom. The number of nitrogens with zero attached hydrogens (tertiary/aromatic N) is 3. The second kappa shape index (κ2) is 13.1. The second-order valence-corrected chi connectivity index (χ2v) is 3.85. The predicted molar refractivity (Wildman–Crippen MR) is 64.1 cm³/mol. The van der Waals surface area contributed by atoms with Gasteiger partial charge in [-0.3, -0.25) is 0 Å². The van der Waals surface area contributed by atoms with Crippen molar-refractivity contribution in [2.24, 2.45) is 15.9 Å². The Bertz CT molecular complexity index is 339. The van der Waals surface area contributed by atoms with Crippen LogP contribution in [0.15, 0.2) is 9.98 Å². The number of unbranched alkanes of at least 4 members (excludes halogenated alkanes) is 1. The number of hydrogen-bond acceptors (Lipinski definition) is 6. The lowest BCUT2D eigenvalue weighted by molar-refractivity contribution is 0.193. The molecule has 0 aliphatic carbocycles. The van der Waals surface area contributed by atoms with Crippen molar-refractivity contribution in [3.63, 3.8) is 0 Å². The van der Waals surface area contributed by atoms with Crippen LogP contribution in [0.1, 0.15) is 32.1 Å². The highest BCUT2D eigenvalue weighted by Crippen LogP contribution is 2.15. The Kier molecular flexibility index (Phi) is 11.7. The second-order valence-electron chi connectivity index (χ2n) is 3.85. The van der Waals surface area contributed by atoms with E-state index in [1.54, 1.807) is 6.26 Å². The van der Waals surface area contributed by atoms with Crippen LogP contribution < -0.4 is 0 Å². The number of aliphatic imine (C=N–C) groups is 2. The summed E-state index contributed by atoms with van der Waals surface area (Å²) in [5.74, 6) is 0.270. The van der Waals surface area contributed by atoms with E-state index in [9.17, 15) is 9.59 Å². The number of ether oxygens (including phenoxy) is 1. The smallest absolute Gasteiger partial charge is 0.286 e. The molecule has 18 heavy (non-hydrogen) atoms. The lowest BCUT2D eigenvalue weighted by atomic mass is 9.97. The van der Waals surface area contributed by atoms with Crippen LogP contribution in [0, 0.1) is 17.4 Å². The summed E-state index contributed by atoms with van der Waals surface area (Å²) >= 11 is 0. The molecule has 0 aromatic rings. The highest BCUT2D eigenvalue weighted by atomic mass is 16.5. The largest absolute Gasteiger partial charge is 0.427 e. The number of hydrogen-bond donors (Lipinski definition) is 0.